The minimum atomic E-state index is -0.710. The number of ether oxygens (including phenoxy) is 3. The van der Waals surface area contributed by atoms with Gasteiger partial charge in [-0.15, -0.1) is 0 Å². The molecule has 0 fully saturated rings. The van der Waals surface area contributed by atoms with Crippen molar-refractivity contribution in [2.45, 2.75) is 46.4 Å². The fourth-order valence-electron chi connectivity index (χ4n) is 3.88. The summed E-state index contributed by atoms with van der Waals surface area (Å²) in [6, 6.07) is 7.31. The first kappa shape index (κ1) is 20.3. The summed E-state index contributed by atoms with van der Waals surface area (Å²) in [5.41, 5.74) is 2.07. The Morgan fingerprint density at radius 2 is 2.03 bits per heavy atom. The Balaban J connectivity index is 1.55. The van der Waals surface area contributed by atoms with Gasteiger partial charge in [0.05, 0.1) is 13.2 Å². The highest BCUT2D eigenvalue weighted by molar-refractivity contribution is 5.90. The van der Waals surface area contributed by atoms with Gasteiger partial charge in [0.25, 0.3) is 5.91 Å². The molecule has 160 valence electrons. The maximum atomic E-state index is 13.1. The molecule has 1 amide bonds. The third-order valence-corrected chi connectivity index (χ3v) is 5.24. The van der Waals surface area contributed by atoms with E-state index in [0.717, 1.165) is 11.3 Å². The molecular weight excluding hydrogens is 386 g/mol. The van der Waals surface area contributed by atoms with Crippen LogP contribution in [0.2, 0.25) is 0 Å². The summed E-state index contributed by atoms with van der Waals surface area (Å²) < 4.78 is 18.7. The fourth-order valence-corrected chi connectivity index (χ4v) is 3.88. The summed E-state index contributed by atoms with van der Waals surface area (Å²) in [5, 5.41) is 4.53. The zero-order valence-corrected chi connectivity index (χ0v) is 17.6. The van der Waals surface area contributed by atoms with Crippen LogP contribution in [-0.4, -0.2) is 52.4 Å². The Hall–Kier alpha value is -3.03. The van der Waals surface area contributed by atoms with Crippen LogP contribution in [-0.2, 0) is 29.0 Å². The van der Waals surface area contributed by atoms with Crippen molar-refractivity contribution in [3.63, 3.8) is 0 Å². The molecule has 1 aromatic carbocycles. The van der Waals surface area contributed by atoms with Crippen LogP contribution in [0.15, 0.2) is 24.3 Å². The number of fused-ring (bicyclic) bond motifs is 2. The SMILES string of the molecule is CCOC(=O)c1nn(CC(C)C)c2c1CN(C(=O)C1COc3ccccc3O1)CC2. The summed E-state index contributed by atoms with van der Waals surface area (Å²) in [7, 11) is 0. The van der Waals surface area contributed by atoms with Gasteiger partial charge in [0, 0.05) is 30.8 Å². The van der Waals surface area contributed by atoms with Gasteiger partial charge in [-0.05, 0) is 25.0 Å². The summed E-state index contributed by atoms with van der Waals surface area (Å²) in [6.07, 6.45) is -0.0807. The molecule has 1 aromatic heterocycles. The maximum absolute atomic E-state index is 13.1. The molecular formula is C22H27N3O5. The minimum absolute atomic E-state index is 0.151. The third-order valence-electron chi connectivity index (χ3n) is 5.24. The molecule has 0 aliphatic carbocycles. The number of benzene rings is 1. The average molecular weight is 413 g/mol. The monoisotopic (exact) mass is 413 g/mol. The van der Waals surface area contributed by atoms with Crippen LogP contribution in [0.3, 0.4) is 0 Å². The van der Waals surface area contributed by atoms with Gasteiger partial charge < -0.3 is 19.1 Å². The molecule has 8 nitrogen and oxygen atoms in total. The van der Waals surface area contributed by atoms with Crippen molar-refractivity contribution in [1.82, 2.24) is 14.7 Å². The molecule has 2 aromatic rings. The minimum Gasteiger partial charge on any atom is -0.485 e. The molecule has 0 spiro atoms. The maximum Gasteiger partial charge on any atom is 0.359 e. The van der Waals surface area contributed by atoms with Crippen LogP contribution < -0.4 is 9.47 Å². The van der Waals surface area contributed by atoms with Crippen LogP contribution in [0.1, 0.15) is 42.5 Å². The van der Waals surface area contributed by atoms with Crippen molar-refractivity contribution in [1.29, 1.82) is 0 Å². The summed E-state index contributed by atoms with van der Waals surface area (Å²) in [6.45, 7) is 7.98. The summed E-state index contributed by atoms with van der Waals surface area (Å²) in [4.78, 5) is 27.3. The van der Waals surface area contributed by atoms with E-state index in [1.54, 1.807) is 17.9 Å². The number of para-hydroxylation sites is 2. The second-order valence-electron chi connectivity index (χ2n) is 7.94. The van der Waals surface area contributed by atoms with E-state index in [1.807, 2.05) is 22.9 Å². The number of amides is 1. The first-order chi connectivity index (χ1) is 14.5. The number of esters is 1. The van der Waals surface area contributed by atoms with Crippen molar-refractivity contribution >= 4 is 11.9 Å². The van der Waals surface area contributed by atoms with Crippen LogP contribution in [0.25, 0.3) is 0 Å². The van der Waals surface area contributed by atoms with Crippen molar-refractivity contribution in [2.75, 3.05) is 19.8 Å². The number of hydrogen-bond donors (Lipinski definition) is 0. The number of aromatic nitrogens is 2. The standard InChI is InChI=1S/C22H27N3O5/c1-4-28-22(27)20-15-12-24(10-9-16(15)25(23-20)11-14(2)3)21(26)19-13-29-17-7-5-6-8-18(17)30-19/h5-8,14,19H,4,9-13H2,1-3H3. The lowest BCUT2D eigenvalue weighted by Crippen LogP contribution is -2.48. The Morgan fingerprint density at radius 1 is 1.27 bits per heavy atom. The van der Waals surface area contributed by atoms with E-state index < -0.39 is 12.1 Å². The lowest BCUT2D eigenvalue weighted by molar-refractivity contribution is -0.142. The van der Waals surface area contributed by atoms with Gasteiger partial charge in [0.15, 0.2) is 17.2 Å². The molecule has 1 atom stereocenters. The van der Waals surface area contributed by atoms with E-state index in [0.29, 0.717) is 49.2 Å². The molecule has 4 rings (SSSR count). The topological polar surface area (TPSA) is 82.9 Å². The molecule has 0 bridgehead atoms. The number of nitrogens with zero attached hydrogens (tertiary/aromatic N) is 3. The quantitative estimate of drug-likeness (QED) is 0.701. The highest BCUT2D eigenvalue weighted by Crippen LogP contribution is 2.32. The zero-order valence-electron chi connectivity index (χ0n) is 17.6. The van der Waals surface area contributed by atoms with E-state index in [2.05, 4.69) is 18.9 Å². The molecule has 1 unspecified atom stereocenters. The summed E-state index contributed by atoms with van der Waals surface area (Å²) >= 11 is 0. The van der Waals surface area contributed by atoms with Crippen molar-refractivity contribution < 1.29 is 23.8 Å². The molecule has 0 N–H and O–H groups in total. The van der Waals surface area contributed by atoms with E-state index in [4.69, 9.17) is 14.2 Å². The first-order valence-corrected chi connectivity index (χ1v) is 10.4. The predicted molar refractivity (Wildman–Crippen MR) is 108 cm³/mol. The van der Waals surface area contributed by atoms with Crippen molar-refractivity contribution in [3.8, 4) is 11.5 Å². The van der Waals surface area contributed by atoms with Gasteiger partial charge in [-0.1, -0.05) is 26.0 Å². The lowest BCUT2D eigenvalue weighted by Gasteiger charge is -2.33. The van der Waals surface area contributed by atoms with E-state index in [-0.39, 0.29) is 19.1 Å². The smallest absolute Gasteiger partial charge is 0.359 e. The van der Waals surface area contributed by atoms with Gasteiger partial charge in [-0.3, -0.25) is 9.48 Å². The number of carbonyl (C=O) groups excluding carboxylic acids is 2. The normalized spacial score (nSPS) is 17.6. The number of carbonyl (C=O) groups is 2. The molecule has 3 heterocycles. The van der Waals surface area contributed by atoms with Gasteiger partial charge in [-0.2, -0.15) is 5.10 Å². The van der Waals surface area contributed by atoms with Crippen molar-refractivity contribution in [2.24, 2.45) is 5.92 Å². The van der Waals surface area contributed by atoms with Gasteiger partial charge in [0.1, 0.15) is 6.61 Å². The van der Waals surface area contributed by atoms with E-state index >= 15 is 0 Å². The van der Waals surface area contributed by atoms with Crippen LogP contribution >= 0.6 is 0 Å². The Morgan fingerprint density at radius 3 is 2.77 bits per heavy atom. The van der Waals surface area contributed by atoms with E-state index in [1.165, 1.54) is 0 Å². The Kier molecular flexibility index (Phi) is 5.65. The Labute approximate surface area is 175 Å². The summed E-state index contributed by atoms with van der Waals surface area (Å²) in [5.74, 6) is 0.994. The molecule has 2 aliphatic rings. The van der Waals surface area contributed by atoms with Crippen molar-refractivity contribution in [3.05, 3.63) is 41.2 Å². The molecule has 8 heteroatoms. The Bertz CT molecular complexity index is 952. The third kappa shape index (κ3) is 3.86. The first-order valence-electron chi connectivity index (χ1n) is 10.4. The second-order valence-corrected chi connectivity index (χ2v) is 7.94. The molecule has 0 radical (unpaired) electrons. The zero-order chi connectivity index (χ0) is 21.3. The highest BCUT2D eigenvalue weighted by Gasteiger charge is 2.36. The molecule has 0 saturated carbocycles. The highest BCUT2D eigenvalue weighted by atomic mass is 16.6. The lowest BCUT2D eigenvalue weighted by atomic mass is 10.0. The largest absolute Gasteiger partial charge is 0.485 e. The predicted octanol–water partition coefficient (Wildman–Crippen LogP) is 2.44. The second kappa shape index (κ2) is 8.38. The van der Waals surface area contributed by atoms with Crippen LogP contribution in [0.5, 0.6) is 11.5 Å². The van der Waals surface area contributed by atoms with Crippen LogP contribution in [0, 0.1) is 5.92 Å². The fraction of sp³-hybridized carbons (Fsp3) is 0.500. The number of rotatable bonds is 5. The number of hydrogen-bond acceptors (Lipinski definition) is 6. The molecule has 2 aliphatic heterocycles. The molecule has 0 saturated heterocycles. The van der Waals surface area contributed by atoms with Gasteiger partial charge in [0.2, 0.25) is 6.10 Å². The molecule has 30 heavy (non-hydrogen) atoms. The van der Waals surface area contributed by atoms with Gasteiger partial charge in [-0.25, -0.2) is 4.79 Å². The van der Waals surface area contributed by atoms with Crippen LogP contribution in [0.4, 0.5) is 0 Å². The van der Waals surface area contributed by atoms with E-state index in [9.17, 15) is 9.59 Å². The van der Waals surface area contributed by atoms with Gasteiger partial charge >= 0.3 is 5.97 Å². The average Bonchev–Trinajstić information content (AvgIpc) is 3.10.